The Morgan fingerprint density at radius 1 is 1.29 bits per heavy atom. The van der Waals surface area contributed by atoms with Gasteiger partial charge in [0.05, 0.1) is 6.54 Å². The Labute approximate surface area is 117 Å². The zero-order valence-electron chi connectivity index (χ0n) is 10.6. The van der Waals surface area contributed by atoms with Crippen molar-refractivity contribution in [3.63, 3.8) is 0 Å². The number of anilines is 1. The van der Waals surface area contributed by atoms with Crippen molar-refractivity contribution in [3.05, 3.63) is 48.3 Å². The smallest absolute Gasteiger partial charge is 0.321 e. The molecule has 8 heteroatoms. The first-order valence-corrected chi connectivity index (χ1v) is 5.93. The number of nitrogens with zero attached hydrogens (tertiary/aromatic N) is 2. The van der Waals surface area contributed by atoms with Crippen LogP contribution in [-0.4, -0.2) is 28.0 Å². The van der Waals surface area contributed by atoms with Gasteiger partial charge in [0.1, 0.15) is 0 Å². The number of hydrogen-bond acceptors (Lipinski definition) is 2. The van der Waals surface area contributed by atoms with Gasteiger partial charge in [0.2, 0.25) is 0 Å². The Bertz CT molecular complexity index is 596. The predicted molar refractivity (Wildman–Crippen MR) is 67.4 cm³/mol. The van der Waals surface area contributed by atoms with Crippen molar-refractivity contribution in [2.75, 3.05) is 5.32 Å². The minimum absolute atomic E-state index is 0.0181. The summed E-state index contributed by atoms with van der Waals surface area (Å²) in [5.41, 5.74) is 0.835. The summed E-state index contributed by atoms with van der Waals surface area (Å²) in [7, 11) is 0. The number of aromatic nitrogens is 2. The molecule has 21 heavy (non-hydrogen) atoms. The molecule has 0 bridgehead atoms. The molecule has 112 valence electrons. The Kier molecular flexibility index (Phi) is 4.25. The number of rotatable bonds is 5. The molecule has 0 aliphatic carbocycles. The number of benzene rings is 1. The number of carbonyl (C=O) groups excluding carboxylic acids is 1. The van der Waals surface area contributed by atoms with E-state index in [4.69, 9.17) is 0 Å². The molecule has 0 atom stereocenters. The number of hydrogen-bond donors (Lipinski definition) is 1. The second-order valence-corrected chi connectivity index (χ2v) is 4.28. The van der Waals surface area contributed by atoms with Gasteiger partial charge in [-0.15, -0.1) is 0 Å². The van der Waals surface area contributed by atoms with E-state index in [1.807, 2.05) is 0 Å². The van der Waals surface area contributed by atoms with Crippen LogP contribution in [0.1, 0.15) is 5.56 Å². The normalized spacial score (nSPS) is 11.7. The SMILES string of the molecule is O=C(Nc1ccc(Cn2cccn2)cc1)C(F)(F)C(F)F. The van der Waals surface area contributed by atoms with Gasteiger partial charge in [-0.05, 0) is 23.8 Å². The Morgan fingerprint density at radius 3 is 2.48 bits per heavy atom. The van der Waals surface area contributed by atoms with E-state index in [2.05, 4.69) is 5.10 Å². The van der Waals surface area contributed by atoms with E-state index in [-0.39, 0.29) is 5.69 Å². The van der Waals surface area contributed by atoms with Crippen molar-refractivity contribution in [3.8, 4) is 0 Å². The van der Waals surface area contributed by atoms with Gasteiger partial charge >= 0.3 is 18.3 Å². The average Bonchev–Trinajstić information content (AvgIpc) is 2.93. The van der Waals surface area contributed by atoms with Crippen LogP contribution in [0.2, 0.25) is 0 Å². The summed E-state index contributed by atoms with van der Waals surface area (Å²) < 4.78 is 51.3. The maximum Gasteiger partial charge on any atom is 0.383 e. The summed E-state index contributed by atoms with van der Waals surface area (Å²) in [4.78, 5) is 11.1. The minimum atomic E-state index is -4.71. The van der Waals surface area contributed by atoms with Gasteiger partial charge in [-0.1, -0.05) is 12.1 Å². The summed E-state index contributed by atoms with van der Waals surface area (Å²) >= 11 is 0. The van der Waals surface area contributed by atoms with E-state index in [1.165, 1.54) is 12.1 Å². The lowest BCUT2D eigenvalue weighted by Gasteiger charge is -2.15. The molecule has 0 spiro atoms. The lowest BCUT2D eigenvalue weighted by molar-refractivity contribution is -0.163. The molecule has 0 aliphatic rings. The van der Waals surface area contributed by atoms with Gasteiger partial charge in [-0.25, -0.2) is 8.78 Å². The topological polar surface area (TPSA) is 46.9 Å². The van der Waals surface area contributed by atoms with Crippen molar-refractivity contribution in [1.29, 1.82) is 0 Å². The van der Waals surface area contributed by atoms with Gasteiger partial charge in [-0.2, -0.15) is 13.9 Å². The van der Waals surface area contributed by atoms with E-state index in [9.17, 15) is 22.4 Å². The van der Waals surface area contributed by atoms with E-state index in [1.54, 1.807) is 40.6 Å². The van der Waals surface area contributed by atoms with Crippen LogP contribution in [0.15, 0.2) is 42.7 Å². The summed E-state index contributed by atoms with van der Waals surface area (Å²) in [6, 6.07) is 7.63. The summed E-state index contributed by atoms with van der Waals surface area (Å²) in [5, 5.41) is 5.76. The summed E-state index contributed by atoms with van der Waals surface area (Å²) in [6.45, 7) is 0.467. The van der Waals surface area contributed by atoms with Gasteiger partial charge in [0.15, 0.2) is 0 Å². The lowest BCUT2D eigenvalue weighted by atomic mass is 10.2. The molecule has 1 aromatic carbocycles. The summed E-state index contributed by atoms with van der Waals surface area (Å²) in [5.74, 6) is -6.74. The fourth-order valence-electron chi connectivity index (χ4n) is 1.59. The fourth-order valence-corrected chi connectivity index (χ4v) is 1.59. The number of nitrogens with one attached hydrogen (secondary N) is 1. The van der Waals surface area contributed by atoms with Crippen LogP contribution in [0.4, 0.5) is 23.2 Å². The van der Waals surface area contributed by atoms with Crippen LogP contribution in [0, 0.1) is 0 Å². The predicted octanol–water partition coefficient (Wildman–Crippen LogP) is 2.77. The average molecular weight is 301 g/mol. The van der Waals surface area contributed by atoms with Crippen LogP contribution in [0.25, 0.3) is 0 Å². The molecule has 0 aliphatic heterocycles. The van der Waals surface area contributed by atoms with Crippen LogP contribution in [0.3, 0.4) is 0 Å². The Balaban J connectivity index is 2.01. The molecule has 1 amide bonds. The molecule has 2 aromatic rings. The van der Waals surface area contributed by atoms with Crippen molar-refractivity contribution >= 4 is 11.6 Å². The minimum Gasteiger partial charge on any atom is -0.321 e. The highest BCUT2D eigenvalue weighted by Crippen LogP contribution is 2.24. The maximum atomic E-state index is 12.8. The zero-order valence-corrected chi connectivity index (χ0v) is 10.6. The first kappa shape index (κ1) is 15.0. The second-order valence-electron chi connectivity index (χ2n) is 4.28. The Morgan fingerprint density at radius 2 is 1.95 bits per heavy atom. The molecule has 0 saturated carbocycles. The molecular weight excluding hydrogens is 290 g/mol. The monoisotopic (exact) mass is 301 g/mol. The van der Waals surface area contributed by atoms with Crippen LogP contribution in [0.5, 0.6) is 0 Å². The first-order valence-electron chi connectivity index (χ1n) is 5.93. The van der Waals surface area contributed by atoms with E-state index < -0.39 is 18.3 Å². The number of carbonyl (C=O) groups is 1. The van der Waals surface area contributed by atoms with Gasteiger partial charge in [0, 0.05) is 18.1 Å². The third-order valence-electron chi connectivity index (χ3n) is 2.69. The molecule has 0 saturated heterocycles. The third kappa shape index (κ3) is 3.59. The van der Waals surface area contributed by atoms with Crippen molar-refractivity contribution < 1.29 is 22.4 Å². The number of halogens is 4. The zero-order chi connectivity index (χ0) is 15.5. The number of alkyl halides is 4. The Hall–Kier alpha value is -2.38. The first-order chi connectivity index (χ1) is 9.89. The molecular formula is C13H11F4N3O. The van der Waals surface area contributed by atoms with Gasteiger partial charge in [0.25, 0.3) is 0 Å². The van der Waals surface area contributed by atoms with Crippen LogP contribution in [-0.2, 0) is 11.3 Å². The molecule has 0 radical (unpaired) electrons. The van der Waals surface area contributed by atoms with E-state index in [0.29, 0.717) is 6.54 Å². The third-order valence-corrected chi connectivity index (χ3v) is 2.69. The maximum absolute atomic E-state index is 12.8. The highest BCUT2D eigenvalue weighted by atomic mass is 19.3. The molecule has 0 fully saturated rings. The number of amides is 1. The van der Waals surface area contributed by atoms with Crippen molar-refractivity contribution in [1.82, 2.24) is 9.78 Å². The quantitative estimate of drug-likeness (QED) is 0.863. The molecule has 2 rings (SSSR count). The second kappa shape index (κ2) is 5.94. The molecule has 1 N–H and O–H groups in total. The van der Waals surface area contributed by atoms with Crippen LogP contribution < -0.4 is 5.32 Å². The standard InChI is InChI=1S/C13H11F4N3O/c14-11(15)13(16,17)12(21)19-10-4-2-9(3-5-10)8-20-7-1-6-18-20/h1-7,11H,8H2,(H,19,21). The van der Waals surface area contributed by atoms with Crippen molar-refractivity contribution in [2.45, 2.75) is 18.9 Å². The lowest BCUT2D eigenvalue weighted by Crippen LogP contribution is -2.40. The van der Waals surface area contributed by atoms with E-state index in [0.717, 1.165) is 5.56 Å². The van der Waals surface area contributed by atoms with Crippen molar-refractivity contribution in [2.24, 2.45) is 0 Å². The van der Waals surface area contributed by atoms with Crippen LogP contribution >= 0.6 is 0 Å². The van der Waals surface area contributed by atoms with E-state index >= 15 is 0 Å². The van der Waals surface area contributed by atoms with Gasteiger partial charge < -0.3 is 5.32 Å². The molecule has 0 unspecified atom stereocenters. The van der Waals surface area contributed by atoms with Gasteiger partial charge in [-0.3, -0.25) is 9.48 Å². The highest BCUT2D eigenvalue weighted by Gasteiger charge is 2.48. The molecule has 4 nitrogen and oxygen atoms in total. The highest BCUT2D eigenvalue weighted by molar-refractivity contribution is 5.96. The fraction of sp³-hybridized carbons (Fsp3) is 0.231. The molecule has 1 heterocycles. The molecule has 1 aromatic heterocycles. The largest absolute Gasteiger partial charge is 0.383 e. The summed E-state index contributed by atoms with van der Waals surface area (Å²) in [6.07, 6.45) is -0.684.